The van der Waals surface area contributed by atoms with Crippen LogP contribution in [0, 0.1) is 24.0 Å². The minimum absolute atomic E-state index is 0.0566. The summed E-state index contributed by atoms with van der Waals surface area (Å²) in [7, 11) is -1.33. The Morgan fingerprint density at radius 2 is 1.80 bits per heavy atom. The van der Waals surface area contributed by atoms with Gasteiger partial charge in [0, 0.05) is 11.8 Å². The van der Waals surface area contributed by atoms with Crippen molar-refractivity contribution in [3.63, 3.8) is 0 Å². The maximum absolute atomic E-state index is 12.7. The molecule has 1 unspecified atom stereocenters. The first-order chi connectivity index (χ1) is 16.5. The molecule has 2 heterocycles. The summed E-state index contributed by atoms with van der Waals surface area (Å²) in [6, 6.07) is 5.77. The van der Waals surface area contributed by atoms with Crippen LogP contribution in [-0.4, -0.2) is 53.2 Å². The number of carbonyl (C=O) groups is 1. The number of carbonyl (C=O) groups excluding carboxylic acids is 1. The molecule has 1 aromatic carbocycles. The van der Waals surface area contributed by atoms with Gasteiger partial charge in [0.1, 0.15) is 17.4 Å². The van der Waals surface area contributed by atoms with E-state index in [0.717, 1.165) is 0 Å². The molecule has 2 N–H and O–H groups in total. The van der Waals surface area contributed by atoms with Gasteiger partial charge in [-0.15, -0.1) is 0 Å². The van der Waals surface area contributed by atoms with Crippen LogP contribution in [0.5, 0.6) is 11.9 Å². The molecule has 0 saturated heterocycles. The minimum Gasteiger partial charge on any atom is -0.481 e. The number of sulfonamides is 1. The highest BCUT2D eigenvalue weighted by Gasteiger charge is 2.27. The molecule has 1 amide bonds. The van der Waals surface area contributed by atoms with Gasteiger partial charge in [-0.1, -0.05) is 0 Å². The molecule has 1 atom stereocenters. The van der Waals surface area contributed by atoms with Gasteiger partial charge in [0.15, 0.2) is 5.82 Å². The monoisotopic (exact) mass is 505 g/mol. The summed E-state index contributed by atoms with van der Waals surface area (Å²) in [6.07, 6.45) is 0. The molecule has 35 heavy (non-hydrogen) atoms. The lowest BCUT2D eigenvalue weighted by atomic mass is 10.2. The molecule has 0 aliphatic heterocycles. The number of aryl methyl sites for hydroxylation is 1. The standard InChI is InChI=1S/C20H23N7O7S/c1-11-18(27(29)30)12(2)26(24-11)13(3)19(28)21-14-6-8-15(9-7-14)35(31,32)25-16-10-17(33-4)23-20(22-16)34-5/h6-10,13H,1-5H3,(H,21,28)(H,22,23,25). The van der Waals surface area contributed by atoms with E-state index in [2.05, 4.69) is 25.1 Å². The van der Waals surface area contributed by atoms with Crippen molar-refractivity contribution in [3.05, 3.63) is 51.8 Å². The van der Waals surface area contributed by atoms with E-state index < -0.39 is 26.9 Å². The molecule has 0 bridgehead atoms. The largest absolute Gasteiger partial charge is 0.481 e. The average Bonchev–Trinajstić information content (AvgIpc) is 3.11. The first-order valence-corrected chi connectivity index (χ1v) is 11.6. The zero-order chi connectivity index (χ0) is 25.9. The Morgan fingerprint density at radius 3 is 2.34 bits per heavy atom. The summed E-state index contributed by atoms with van der Waals surface area (Å²) in [5.41, 5.74) is 0.627. The van der Waals surface area contributed by atoms with E-state index >= 15 is 0 Å². The lowest BCUT2D eigenvalue weighted by molar-refractivity contribution is -0.386. The molecule has 0 saturated carbocycles. The van der Waals surface area contributed by atoms with Crippen molar-refractivity contribution in [2.45, 2.75) is 31.7 Å². The van der Waals surface area contributed by atoms with Gasteiger partial charge in [-0.2, -0.15) is 15.1 Å². The molecule has 0 fully saturated rings. The van der Waals surface area contributed by atoms with Crippen molar-refractivity contribution >= 4 is 33.1 Å². The molecule has 0 radical (unpaired) electrons. The Hall–Kier alpha value is -4.27. The Balaban J connectivity index is 1.75. The van der Waals surface area contributed by atoms with E-state index in [4.69, 9.17) is 9.47 Å². The van der Waals surface area contributed by atoms with Crippen molar-refractivity contribution in [1.29, 1.82) is 0 Å². The fourth-order valence-electron chi connectivity index (χ4n) is 3.22. The van der Waals surface area contributed by atoms with Crippen molar-refractivity contribution in [3.8, 4) is 11.9 Å². The van der Waals surface area contributed by atoms with Crippen molar-refractivity contribution in [1.82, 2.24) is 19.7 Å². The number of nitrogens with one attached hydrogen (secondary N) is 2. The zero-order valence-corrected chi connectivity index (χ0v) is 20.3. The van der Waals surface area contributed by atoms with E-state index in [9.17, 15) is 23.3 Å². The molecule has 0 aliphatic carbocycles. The van der Waals surface area contributed by atoms with E-state index in [-0.39, 0.29) is 39.7 Å². The normalized spacial score (nSPS) is 12.0. The van der Waals surface area contributed by atoms with Crippen LogP contribution in [0.4, 0.5) is 17.2 Å². The van der Waals surface area contributed by atoms with Crippen LogP contribution in [0.15, 0.2) is 35.2 Å². The number of aromatic nitrogens is 4. The first-order valence-electron chi connectivity index (χ1n) is 10.1. The van der Waals surface area contributed by atoms with Crippen LogP contribution in [0.2, 0.25) is 0 Å². The van der Waals surface area contributed by atoms with E-state index in [0.29, 0.717) is 5.69 Å². The van der Waals surface area contributed by atoms with Crippen molar-refractivity contribution in [2.24, 2.45) is 0 Å². The predicted octanol–water partition coefficient (Wildman–Crippen LogP) is 2.22. The number of methoxy groups -OCH3 is 2. The molecule has 2 aromatic heterocycles. The fraction of sp³-hybridized carbons (Fsp3) is 0.300. The first kappa shape index (κ1) is 25.4. The van der Waals surface area contributed by atoms with E-state index in [1.165, 1.54) is 63.1 Å². The summed E-state index contributed by atoms with van der Waals surface area (Å²) in [4.78, 5) is 31.1. The molecule has 15 heteroatoms. The number of hydrogen-bond donors (Lipinski definition) is 2. The van der Waals surface area contributed by atoms with E-state index in [1.807, 2.05) is 0 Å². The Morgan fingerprint density at radius 1 is 1.14 bits per heavy atom. The predicted molar refractivity (Wildman–Crippen MR) is 124 cm³/mol. The minimum atomic E-state index is -4.03. The molecule has 3 aromatic rings. The van der Waals surface area contributed by atoms with Crippen LogP contribution < -0.4 is 19.5 Å². The third-order valence-electron chi connectivity index (χ3n) is 4.96. The number of nitro groups is 1. The fourth-order valence-corrected chi connectivity index (χ4v) is 4.21. The van der Waals surface area contributed by atoms with Crippen molar-refractivity contribution in [2.75, 3.05) is 24.3 Å². The highest BCUT2D eigenvalue weighted by atomic mass is 32.2. The average molecular weight is 506 g/mol. The van der Waals surface area contributed by atoms with E-state index in [1.54, 1.807) is 6.92 Å². The van der Waals surface area contributed by atoms with Crippen molar-refractivity contribution < 1.29 is 27.6 Å². The van der Waals surface area contributed by atoms with Gasteiger partial charge in [-0.25, -0.2) is 8.42 Å². The maximum Gasteiger partial charge on any atom is 0.321 e. The SMILES string of the molecule is COc1cc(NS(=O)(=O)c2ccc(NC(=O)C(C)n3nc(C)c([N+](=O)[O-])c3C)cc2)nc(OC)n1. The second-order valence-corrected chi connectivity index (χ2v) is 8.98. The highest BCUT2D eigenvalue weighted by Crippen LogP contribution is 2.26. The third kappa shape index (κ3) is 5.46. The molecule has 3 rings (SSSR count). The van der Waals surface area contributed by atoms with Gasteiger partial charge in [0.25, 0.3) is 10.0 Å². The second kappa shape index (κ2) is 9.92. The molecular formula is C20H23N7O7S. The molecule has 14 nitrogen and oxygen atoms in total. The third-order valence-corrected chi connectivity index (χ3v) is 6.33. The van der Waals surface area contributed by atoms with Crippen LogP contribution in [0.1, 0.15) is 24.4 Å². The summed E-state index contributed by atoms with van der Waals surface area (Å²) < 4.78 is 39.0. The number of ether oxygens (including phenoxy) is 2. The lowest BCUT2D eigenvalue weighted by Crippen LogP contribution is -2.25. The molecule has 0 aliphatic rings. The van der Waals surface area contributed by atoms with Crippen LogP contribution in [0.25, 0.3) is 0 Å². The number of rotatable bonds is 9. The Labute approximate surface area is 200 Å². The molecule has 0 spiro atoms. The van der Waals surface area contributed by atoms with Gasteiger partial charge in [0.2, 0.25) is 11.8 Å². The van der Waals surface area contributed by atoms with Crippen LogP contribution >= 0.6 is 0 Å². The number of benzene rings is 1. The molecule has 186 valence electrons. The smallest absolute Gasteiger partial charge is 0.321 e. The second-order valence-electron chi connectivity index (χ2n) is 7.30. The number of nitrogens with zero attached hydrogens (tertiary/aromatic N) is 5. The summed E-state index contributed by atoms with van der Waals surface area (Å²) in [6.45, 7) is 4.55. The summed E-state index contributed by atoms with van der Waals surface area (Å²) in [5.74, 6) is -0.437. The Bertz CT molecular complexity index is 1350. The zero-order valence-electron chi connectivity index (χ0n) is 19.5. The van der Waals surface area contributed by atoms with Gasteiger partial charge in [0.05, 0.1) is 24.0 Å². The van der Waals surface area contributed by atoms with Crippen LogP contribution in [0.3, 0.4) is 0 Å². The number of amides is 1. The maximum atomic E-state index is 12.7. The lowest BCUT2D eigenvalue weighted by Gasteiger charge is -2.14. The Kier molecular flexibility index (Phi) is 7.19. The van der Waals surface area contributed by atoms with Gasteiger partial charge in [-0.05, 0) is 45.0 Å². The quantitative estimate of drug-likeness (QED) is 0.323. The number of hydrogen-bond acceptors (Lipinski definition) is 10. The van der Waals surface area contributed by atoms with Gasteiger partial charge >= 0.3 is 11.7 Å². The van der Waals surface area contributed by atoms with Crippen LogP contribution in [-0.2, 0) is 14.8 Å². The van der Waals surface area contributed by atoms with Gasteiger partial charge < -0.3 is 14.8 Å². The topological polar surface area (TPSA) is 180 Å². The summed E-state index contributed by atoms with van der Waals surface area (Å²) in [5, 5.41) is 18.0. The summed E-state index contributed by atoms with van der Waals surface area (Å²) >= 11 is 0. The number of anilines is 2. The highest BCUT2D eigenvalue weighted by molar-refractivity contribution is 7.92. The molecular weight excluding hydrogens is 482 g/mol. The van der Waals surface area contributed by atoms with Gasteiger partial charge in [-0.3, -0.25) is 24.3 Å².